The summed E-state index contributed by atoms with van der Waals surface area (Å²) in [5.74, 6) is -0.784. The zero-order chi connectivity index (χ0) is 27.9. The Morgan fingerprint density at radius 2 is 1.58 bits per heavy atom. The molecule has 0 bridgehead atoms. The first-order valence-corrected chi connectivity index (χ1v) is 14.4. The third kappa shape index (κ3) is 6.74. The SMILES string of the molecule is CCNC(=O)[C@H](CC)N(Cc1ccccc1)C(=O)CN(c1cccc(Cl)c1C)S(=O)(=O)c1ccc(C)cc1. The van der Waals surface area contributed by atoms with Gasteiger partial charge in [0.25, 0.3) is 10.0 Å². The molecule has 0 aliphatic rings. The van der Waals surface area contributed by atoms with Gasteiger partial charge in [-0.15, -0.1) is 0 Å². The van der Waals surface area contributed by atoms with Crippen molar-refractivity contribution >= 4 is 39.1 Å². The van der Waals surface area contributed by atoms with Gasteiger partial charge in [-0.1, -0.05) is 72.6 Å². The Morgan fingerprint density at radius 3 is 2.18 bits per heavy atom. The number of carbonyl (C=O) groups is 2. The number of carbonyl (C=O) groups excluding carboxylic acids is 2. The van der Waals surface area contributed by atoms with Crippen LogP contribution in [0.2, 0.25) is 5.02 Å². The molecule has 0 heterocycles. The van der Waals surface area contributed by atoms with Gasteiger partial charge in [-0.25, -0.2) is 8.42 Å². The van der Waals surface area contributed by atoms with Crippen LogP contribution in [0.3, 0.4) is 0 Å². The zero-order valence-corrected chi connectivity index (χ0v) is 23.7. The van der Waals surface area contributed by atoms with Crippen LogP contribution in [0, 0.1) is 13.8 Å². The van der Waals surface area contributed by atoms with Crippen molar-refractivity contribution in [3.8, 4) is 0 Å². The number of nitrogens with zero attached hydrogens (tertiary/aromatic N) is 2. The number of amides is 2. The molecule has 1 atom stereocenters. The molecule has 38 heavy (non-hydrogen) atoms. The first-order chi connectivity index (χ1) is 18.1. The van der Waals surface area contributed by atoms with Crippen molar-refractivity contribution in [1.29, 1.82) is 0 Å². The van der Waals surface area contributed by atoms with Crippen LogP contribution in [0.1, 0.15) is 37.0 Å². The van der Waals surface area contributed by atoms with E-state index in [4.69, 9.17) is 11.6 Å². The fourth-order valence-electron chi connectivity index (χ4n) is 4.21. The van der Waals surface area contributed by atoms with Crippen molar-refractivity contribution in [1.82, 2.24) is 10.2 Å². The maximum Gasteiger partial charge on any atom is 0.264 e. The van der Waals surface area contributed by atoms with Crippen LogP contribution in [0.15, 0.2) is 77.7 Å². The molecular formula is C29H34ClN3O4S. The molecule has 7 nitrogen and oxygen atoms in total. The number of aryl methyl sites for hydroxylation is 1. The first-order valence-electron chi connectivity index (χ1n) is 12.6. The summed E-state index contributed by atoms with van der Waals surface area (Å²) in [6.07, 6.45) is 0.366. The highest BCUT2D eigenvalue weighted by Gasteiger charge is 2.34. The maximum atomic E-state index is 14.0. The molecule has 0 unspecified atom stereocenters. The smallest absolute Gasteiger partial charge is 0.264 e. The molecule has 3 rings (SSSR count). The molecular weight excluding hydrogens is 522 g/mol. The fraction of sp³-hybridized carbons (Fsp3) is 0.310. The number of benzene rings is 3. The Morgan fingerprint density at radius 1 is 0.921 bits per heavy atom. The van der Waals surface area contributed by atoms with E-state index in [2.05, 4.69) is 5.32 Å². The minimum absolute atomic E-state index is 0.0562. The minimum atomic E-state index is -4.15. The van der Waals surface area contributed by atoms with Crippen LogP contribution in [-0.2, 0) is 26.2 Å². The lowest BCUT2D eigenvalue weighted by Crippen LogP contribution is -2.52. The molecule has 9 heteroatoms. The van der Waals surface area contributed by atoms with Crippen LogP contribution in [-0.4, -0.2) is 44.3 Å². The number of nitrogens with one attached hydrogen (secondary N) is 1. The van der Waals surface area contributed by atoms with E-state index < -0.39 is 28.5 Å². The van der Waals surface area contributed by atoms with Crippen molar-refractivity contribution in [3.63, 3.8) is 0 Å². The predicted molar refractivity (Wildman–Crippen MR) is 152 cm³/mol. The van der Waals surface area contributed by atoms with Crippen molar-refractivity contribution in [2.45, 2.75) is 51.6 Å². The number of hydrogen-bond donors (Lipinski definition) is 1. The van der Waals surface area contributed by atoms with E-state index in [-0.39, 0.29) is 17.3 Å². The van der Waals surface area contributed by atoms with E-state index in [1.54, 1.807) is 37.3 Å². The number of rotatable bonds is 11. The second-order valence-electron chi connectivity index (χ2n) is 9.03. The predicted octanol–water partition coefficient (Wildman–Crippen LogP) is 5.10. The normalized spacial score (nSPS) is 12.0. The highest BCUT2D eigenvalue weighted by molar-refractivity contribution is 7.92. The lowest BCUT2D eigenvalue weighted by molar-refractivity contribution is -0.140. The Hall–Kier alpha value is -3.36. The zero-order valence-electron chi connectivity index (χ0n) is 22.1. The number of likely N-dealkylation sites (N-methyl/N-ethyl adjacent to an activating group) is 1. The monoisotopic (exact) mass is 555 g/mol. The third-order valence-corrected chi connectivity index (χ3v) is 8.51. The molecule has 202 valence electrons. The Balaban J connectivity index is 2.09. The summed E-state index contributed by atoms with van der Waals surface area (Å²) in [4.78, 5) is 28.4. The summed E-state index contributed by atoms with van der Waals surface area (Å²) in [5, 5.41) is 3.18. The molecule has 3 aromatic carbocycles. The van der Waals surface area contributed by atoms with Crippen LogP contribution < -0.4 is 9.62 Å². The average Bonchev–Trinajstić information content (AvgIpc) is 2.90. The summed E-state index contributed by atoms with van der Waals surface area (Å²) in [7, 11) is -4.15. The van der Waals surface area contributed by atoms with Gasteiger partial charge >= 0.3 is 0 Å². The molecule has 3 aromatic rings. The van der Waals surface area contributed by atoms with Gasteiger partial charge in [-0.05, 0) is 62.6 Å². The lowest BCUT2D eigenvalue weighted by atomic mass is 10.1. The maximum absolute atomic E-state index is 14.0. The van der Waals surface area contributed by atoms with Gasteiger partial charge < -0.3 is 10.2 Å². The highest BCUT2D eigenvalue weighted by atomic mass is 35.5. The van der Waals surface area contributed by atoms with Crippen LogP contribution in [0.25, 0.3) is 0 Å². The molecule has 0 radical (unpaired) electrons. The second kappa shape index (κ2) is 12.9. The summed E-state index contributed by atoms with van der Waals surface area (Å²) in [6, 6.07) is 20.0. The van der Waals surface area contributed by atoms with Gasteiger partial charge in [0.05, 0.1) is 10.6 Å². The van der Waals surface area contributed by atoms with Crippen molar-refractivity contribution in [3.05, 3.63) is 94.5 Å². The average molecular weight is 556 g/mol. The van der Waals surface area contributed by atoms with Gasteiger partial charge in [-0.3, -0.25) is 13.9 Å². The molecule has 1 N–H and O–H groups in total. The lowest BCUT2D eigenvalue weighted by Gasteiger charge is -2.33. The van der Waals surface area contributed by atoms with Gasteiger partial charge in [0.2, 0.25) is 11.8 Å². The van der Waals surface area contributed by atoms with Gasteiger partial charge in [0.15, 0.2) is 0 Å². The summed E-state index contributed by atoms with van der Waals surface area (Å²) >= 11 is 6.36. The summed E-state index contributed by atoms with van der Waals surface area (Å²) < 4.78 is 29.0. The van der Waals surface area contributed by atoms with Crippen LogP contribution in [0.4, 0.5) is 5.69 Å². The largest absolute Gasteiger partial charge is 0.355 e. The molecule has 0 saturated heterocycles. The van der Waals surface area contributed by atoms with E-state index in [0.717, 1.165) is 15.4 Å². The standard InChI is InChI=1S/C29H34ClN3O4S/c1-5-26(29(35)31-6-2)32(19-23-11-8-7-9-12-23)28(34)20-33(27-14-10-13-25(30)22(27)4)38(36,37)24-17-15-21(3)16-18-24/h7-18,26H,5-6,19-20H2,1-4H3,(H,31,35)/t26-/m0/s1. The molecule has 0 saturated carbocycles. The van der Waals surface area contributed by atoms with Crippen molar-refractivity contribution in [2.24, 2.45) is 0 Å². The van der Waals surface area contributed by atoms with E-state index in [0.29, 0.717) is 29.2 Å². The quantitative estimate of drug-likeness (QED) is 0.357. The Labute approximate surface area is 230 Å². The van der Waals surface area contributed by atoms with Crippen LogP contribution >= 0.6 is 11.6 Å². The molecule has 0 aliphatic heterocycles. The molecule has 0 fully saturated rings. The number of halogens is 1. The van der Waals surface area contributed by atoms with Gasteiger partial charge in [0.1, 0.15) is 12.6 Å². The Kier molecular flexibility index (Phi) is 9.94. The second-order valence-corrected chi connectivity index (χ2v) is 11.3. The van der Waals surface area contributed by atoms with Crippen molar-refractivity contribution in [2.75, 3.05) is 17.4 Å². The first kappa shape index (κ1) is 29.2. The van der Waals surface area contributed by atoms with E-state index in [1.807, 2.05) is 51.1 Å². The number of anilines is 1. The molecule has 0 spiro atoms. The summed E-state index contributed by atoms with van der Waals surface area (Å²) in [5.41, 5.74) is 2.57. The topological polar surface area (TPSA) is 86.8 Å². The number of hydrogen-bond acceptors (Lipinski definition) is 4. The molecule has 0 aliphatic carbocycles. The van der Waals surface area contributed by atoms with Gasteiger partial charge in [0, 0.05) is 18.1 Å². The third-order valence-electron chi connectivity index (χ3n) is 6.33. The molecule has 0 aromatic heterocycles. The van der Waals surface area contributed by atoms with E-state index in [9.17, 15) is 18.0 Å². The fourth-order valence-corrected chi connectivity index (χ4v) is 5.85. The summed E-state index contributed by atoms with van der Waals surface area (Å²) in [6.45, 7) is 7.29. The van der Waals surface area contributed by atoms with Gasteiger partial charge in [-0.2, -0.15) is 0 Å². The highest BCUT2D eigenvalue weighted by Crippen LogP contribution is 2.31. The van der Waals surface area contributed by atoms with E-state index in [1.165, 1.54) is 17.0 Å². The van der Waals surface area contributed by atoms with E-state index >= 15 is 0 Å². The Bertz CT molecular complexity index is 1360. The van der Waals surface area contributed by atoms with Crippen molar-refractivity contribution < 1.29 is 18.0 Å². The number of sulfonamides is 1. The molecule has 2 amide bonds. The minimum Gasteiger partial charge on any atom is -0.355 e. The van der Waals surface area contributed by atoms with Crippen LogP contribution in [0.5, 0.6) is 0 Å².